The predicted octanol–water partition coefficient (Wildman–Crippen LogP) is 0.389. The molecule has 0 radical (unpaired) electrons. The number of hydrogen-bond donors (Lipinski definition) is 1. The minimum absolute atomic E-state index is 0.0609. The molecule has 8 nitrogen and oxygen atoms in total. The van der Waals surface area contributed by atoms with Crippen molar-refractivity contribution in [3.8, 4) is 17.2 Å². The summed E-state index contributed by atoms with van der Waals surface area (Å²) in [7, 11) is 8.51. The molecule has 1 aliphatic heterocycles. The predicted molar refractivity (Wildman–Crippen MR) is 121 cm³/mol. The van der Waals surface area contributed by atoms with Gasteiger partial charge in [0.15, 0.2) is 11.5 Å². The molecule has 8 heteroatoms. The van der Waals surface area contributed by atoms with Crippen LogP contribution in [-0.4, -0.2) is 65.1 Å². The first kappa shape index (κ1) is 24.1. The summed E-state index contributed by atoms with van der Waals surface area (Å²) in [5.41, 5.74) is 1.57. The van der Waals surface area contributed by atoms with Gasteiger partial charge in [-0.3, -0.25) is 9.59 Å². The summed E-state index contributed by atoms with van der Waals surface area (Å²) in [6.45, 7) is 2.71. The Morgan fingerprint density at radius 1 is 1.00 bits per heavy atom. The number of carbonyl (C=O) groups excluding carboxylic acids is 2. The summed E-state index contributed by atoms with van der Waals surface area (Å²) in [5.74, 6) is -0.343. The molecule has 1 heterocycles. The van der Waals surface area contributed by atoms with Gasteiger partial charge in [-0.25, -0.2) is 0 Å². The molecule has 1 N–H and O–H groups in total. The standard InChI is InChI=1S/C25H30N2O6/c1-15-13-17(31-4)8-9-18(15)23(28)21-22(16-7-10-19(32-5)20(14-16)33-6)27(12-11-26(2)3)25(30)24(21)29/h7-10,13-14,22,28H,11-12H2,1-6H3. The lowest BCUT2D eigenvalue weighted by molar-refractivity contribution is -0.857. The number of likely N-dealkylation sites (tertiary alicyclic amines) is 1. The van der Waals surface area contributed by atoms with Crippen LogP contribution in [0.15, 0.2) is 42.0 Å². The van der Waals surface area contributed by atoms with E-state index in [0.717, 1.165) is 4.90 Å². The summed E-state index contributed by atoms with van der Waals surface area (Å²) in [6.07, 6.45) is 0. The van der Waals surface area contributed by atoms with Gasteiger partial charge in [0.1, 0.15) is 5.75 Å². The highest BCUT2D eigenvalue weighted by molar-refractivity contribution is 6.46. The molecule has 1 fully saturated rings. The van der Waals surface area contributed by atoms with Crippen molar-refractivity contribution in [1.82, 2.24) is 4.90 Å². The maximum absolute atomic E-state index is 13.6. The monoisotopic (exact) mass is 454 g/mol. The Labute approximate surface area is 194 Å². The van der Waals surface area contributed by atoms with Gasteiger partial charge in [0, 0.05) is 5.57 Å². The number of amides is 1. The third kappa shape index (κ3) is 4.66. The van der Waals surface area contributed by atoms with Crippen molar-refractivity contribution in [2.45, 2.75) is 13.0 Å². The van der Waals surface area contributed by atoms with Crippen molar-refractivity contribution < 1.29 is 33.8 Å². The van der Waals surface area contributed by atoms with Crippen molar-refractivity contribution in [2.24, 2.45) is 0 Å². The Hall–Kier alpha value is -3.52. The Bertz CT molecular complexity index is 1090. The van der Waals surface area contributed by atoms with Crippen LogP contribution in [0.5, 0.6) is 17.2 Å². The summed E-state index contributed by atoms with van der Waals surface area (Å²) >= 11 is 0. The number of rotatable bonds is 8. The zero-order valence-corrected chi connectivity index (χ0v) is 19.9. The highest BCUT2D eigenvalue weighted by Gasteiger charge is 2.44. The van der Waals surface area contributed by atoms with Crippen LogP contribution in [0.2, 0.25) is 0 Å². The number of Topliss-reactive ketones (excluding diaryl/α,β-unsaturated/α-hetero) is 1. The normalized spacial score (nSPS) is 17.5. The van der Waals surface area contributed by atoms with Crippen LogP contribution in [0.3, 0.4) is 0 Å². The van der Waals surface area contributed by atoms with Crippen LogP contribution in [-0.2, 0) is 9.59 Å². The molecule has 1 amide bonds. The lowest BCUT2D eigenvalue weighted by atomic mass is 9.93. The fraction of sp³-hybridized carbons (Fsp3) is 0.360. The maximum atomic E-state index is 13.6. The number of hydrogen-bond acceptors (Lipinski definition) is 6. The first-order valence-electron chi connectivity index (χ1n) is 10.7. The van der Waals surface area contributed by atoms with E-state index in [1.54, 1.807) is 50.4 Å². The molecule has 3 rings (SSSR count). The molecule has 2 aromatic carbocycles. The number of methoxy groups -OCH3 is 3. The average molecular weight is 455 g/mol. The van der Waals surface area contributed by atoms with Crippen LogP contribution >= 0.6 is 0 Å². The highest BCUT2D eigenvalue weighted by atomic mass is 16.5. The lowest BCUT2D eigenvalue weighted by Crippen LogP contribution is -3.06. The first-order chi connectivity index (χ1) is 15.7. The molecule has 1 unspecified atom stereocenters. The van der Waals surface area contributed by atoms with Crippen LogP contribution in [0.25, 0.3) is 5.76 Å². The van der Waals surface area contributed by atoms with Gasteiger partial charge in [-0.2, -0.15) is 0 Å². The van der Waals surface area contributed by atoms with Crippen molar-refractivity contribution in [3.63, 3.8) is 0 Å². The van der Waals surface area contributed by atoms with E-state index in [0.29, 0.717) is 47.0 Å². The number of ether oxygens (including phenoxy) is 3. The van der Waals surface area contributed by atoms with Gasteiger partial charge in [-0.1, -0.05) is 17.9 Å². The van der Waals surface area contributed by atoms with E-state index < -0.39 is 23.5 Å². The van der Waals surface area contributed by atoms with Crippen LogP contribution in [0, 0.1) is 6.92 Å². The van der Waals surface area contributed by atoms with Crippen LogP contribution in [0.4, 0.5) is 0 Å². The molecule has 1 saturated heterocycles. The van der Waals surface area contributed by atoms with Crippen molar-refractivity contribution in [2.75, 3.05) is 48.5 Å². The number of benzene rings is 2. The quantitative estimate of drug-likeness (QED) is 0.353. The number of ketones is 1. The van der Waals surface area contributed by atoms with Gasteiger partial charge < -0.3 is 29.1 Å². The molecular weight excluding hydrogens is 424 g/mol. The van der Waals surface area contributed by atoms with E-state index in [9.17, 15) is 14.7 Å². The Kier molecular flexibility index (Phi) is 7.28. The molecular formula is C25H30N2O6. The molecule has 2 aromatic rings. The highest BCUT2D eigenvalue weighted by Crippen LogP contribution is 2.41. The molecule has 0 saturated carbocycles. The summed E-state index contributed by atoms with van der Waals surface area (Å²) < 4.78 is 16.0. The number of quaternary nitrogens is 1. The average Bonchev–Trinajstić information content (AvgIpc) is 3.06. The largest absolute Gasteiger partial charge is 0.872 e. The Morgan fingerprint density at radius 3 is 2.27 bits per heavy atom. The fourth-order valence-corrected chi connectivity index (χ4v) is 3.98. The first-order valence-corrected chi connectivity index (χ1v) is 10.7. The SMILES string of the molecule is COc1ccc(C([O-])=C2C(=O)C(=O)N(CC[NH+](C)C)C2c2ccc(OC)c(OC)c2)c(C)c1. The molecule has 1 aliphatic rings. The van der Waals surface area contributed by atoms with Crippen LogP contribution < -0.4 is 24.2 Å². The fourth-order valence-electron chi connectivity index (χ4n) is 3.98. The number of aryl methyl sites for hydroxylation is 1. The number of likely N-dealkylation sites (N-methyl/N-ethyl adjacent to an activating group) is 1. The molecule has 1 atom stereocenters. The third-order valence-electron chi connectivity index (χ3n) is 5.78. The lowest BCUT2D eigenvalue weighted by Gasteiger charge is -2.28. The molecule has 176 valence electrons. The number of nitrogens with one attached hydrogen (secondary N) is 1. The van der Waals surface area contributed by atoms with Crippen molar-refractivity contribution in [1.29, 1.82) is 0 Å². The van der Waals surface area contributed by atoms with E-state index in [2.05, 4.69) is 0 Å². The van der Waals surface area contributed by atoms with Gasteiger partial charge in [-0.15, -0.1) is 0 Å². The number of carbonyl (C=O) groups is 2. The number of nitrogens with zero attached hydrogens (tertiary/aromatic N) is 1. The van der Waals surface area contributed by atoms with Gasteiger partial charge in [-0.05, 0) is 47.9 Å². The van der Waals surface area contributed by atoms with Crippen molar-refractivity contribution in [3.05, 3.63) is 58.7 Å². The Morgan fingerprint density at radius 2 is 1.70 bits per heavy atom. The van der Waals surface area contributed by atoms with Crippen molar-refractivity contribution >= 4 is 17.4 Å². The molecule has 0 aromatic heterocycles. The van der Waals surface area contributed by atoms with Gasteiger partial charge >= 0.3 is 0 Å². The molecule has 0 spiro atoms. The smallest absolute Gasteiger partial charge is 0.295 e. The third-order valence-corrected chi connectivity index (χ3v) is 5.78. The Balaban J connectivity index is 2.21. The summed E-state index contributed by atoms with van der Waals surface area (Å²) in [6, 6.07) is 9.37. The zero-order valence-electron chi connectivity index (χ0n) is 19.9. The summed E-state index contributed by atoms with van der Waals surface area (Å²) in [4.78, 5) is 28.8. The second-order valence-electron chi connectivity index (χ2n) is 8.23. The van der Waals surface area contributed by atoms with Gasteiger partial charge in [0.05, 0.1) is 54.6 Å². The van der Waals surface area contributed by atoms with E-state index in [-0.39, 0.29) is 5.57 Å². The molecule has 0 aliphatic carbocycles. The minimum Gasteiger partial charge on any atom is -0.872 e. The van der Waals surface area contributed by atoms with E-state index in [1.165, 1.54) is 19.1 Å². The molecule has 0 bridgehead atoms. The summed E-state index contributed by atoms with van der Waals surface area (Å²) in [5, 5.41) is 13.6. The minimum atomic E-state index is -0.821. The maximum Gasteiger partial charge on any atom is 0.295 e. The molecule has 33 heavy (non-hydrogen) atoms. The second-order valence-corrected chi connectivity index (χ2v) is 8.23. The second kappa shape index (κ2) is 9.95. The van der Waals surface area contributed by atoms with Gasteiger partial charge in [0.2, 0.25) is 5.78 Å². The van der Waals surface area contributed by atoms with E-state index in [4.69, 9.17) is 14.2 Å². The van der Waals surface area contributed by atoms with Crippen LogP contribution in [0.1, 0.15) is 22.7 Å². The van der Waals surface area contributed by atoms with E-state index in [1.807, 2.05) is 14.1 Å². The van der Waals surface area contributed by atoms with Gasteiger partial charge in [0.25, 0.3) is 5.91 Å². The topological polar surface area (TPSA) is 92.6 Å². The zero-order chi connectivity index (χ0) is 24.3. The van der Waals surface area contributed by atoms with E-state index >= 15 is 0 Å².